The quantitative estimate of drug-likeness (QED) is 0.643. The zero-order valence-electron chi connectivity index (χ0n) is 12.2. The molecule has 4 aliphatic carbocycles. The number of allylic oxidation sites excluding steroid dienone is 1. The van der Waals surface area contributed by atoms with Crippen LogP contribution in [0.5, 0.6) is 0 Å². The van der Waals surface area contributed by atoms with Gasteiger partial charge in [-0.3, -0.25) is 0 Å². The average Bonchev–Trinajstić information content (AvgIpc) is 2.78. The zero-order valence-corrected chi connectivity index (χ0v) is 11.2. The van der Waals surface area contributed by atoms with Crippen LogP contribution in [-0.2, 0) is 0 Å². The predicted octanol–water partition coefficient (Wildman–Crippen LogP) is 3.92. The molecule has 100 valence electrons. The van der Waals surface area contributed by atoms with Crippen LogP contribution >= 0.6 is 0 Å². The van der Waals surface area contributed by atoms with Crippen molar-refractivity contribution in [1.82, 2.24) is 0 Å². The fourth-order valence-electron chi connectivity index (χ4n) is 5.61. The lowest BCUT2D eigenvalue weighted by Gasteiger charge is -2.49. The highest BCUT2D eigenvalue weighted by Crippen LogP contribution is 2.56. The van der Waals surface area contributed by atoms with E-state index < -0.39 is 0 Å². The second-order valence-corrected chi connectivity index (χ2v) is 7.15. The van der Waals surface area contributed by atoms with Gasteiger partial charge in [0.15, 0.2) is 0 Å². The highest BCUT2D eigenvalue weighted by Gasteiger charge is 2.46. The Morgan fingerprint density at radius 2 is 1.94 bits per heavy atom. The summed E-state index contributed by atoms with van der Waals surface area (Å²) in [5, 5.41) is 9.86. The summed E-state index contributed by atoms with van der Waals surface area (Å²) in [6.07, 6.45) is 12.2. The van der Waals surface area contributed by atoms with Gasteiger partial charge in [-0.1, -0.05) is 24.5 Å². The lowest BCUT2D eigenvalue weighted by Crippen LogP contribution is -2.40. The van der Waals surface area contributed by atoms with Crippen molar-refractivity contribution >= 4 is 0 Å². The van der Waals surface area contributed by atoms with E-state index in [2.05, 4.69) is 6.08 Å². The van der Waals surface area contributed by atoms with E-state index in [9.17, 15) is 5.11 Å². The second kappa shape index (κ2) is 4.37. The van der Waals surface area contributed by atoms with Gasteiger partial charge >= 0.3 is 0 Å². The van der Waals surface area contributed by atoms with Gasteiger partial charge in [-0.05, 0) is 74.5 Å². The highest BCUT2D eigenvalue weighted by molar-refractivity contribution is 5.18. The minimum atomic E-state index is -0.0699. The Morgan fingerprint density at radius 3 is 2.89 bits per heavy atom. The number of aliphatic hydroxyl groups is 1. The van der Waals surface area contributed by atoms with E-state index in [1.165, 1.54) is 38.5 Å². The molecule has 0 bridgehead atoms. The van der Waals surface area contributed by atoms with Gasteiger partial charge in [-0.2, -0.15) is 0 Å². The fraction of sp³-hybridized carbons (Fsp3) is 0.882. The average molecular weight is 247 g/mol. The summed E-state index contributed by atoms with van der Waals surface area (Å²) in [5.74, 6) is 4.27. The van der Waals surface area contributed by atoms with Crippen molar-refractivity contribution in [3.05, 3.63) is 11.6 Å². The van der Waals surface area contributed by atoms with Gasteiger partial charge < -0.3 is 5.11 Å². The second-order valence-electron chi connectivity index (χ2n) is 7.15. The molecular weight excluding hydrogens is 220 g/mol. The summed E-state index contributed by atoms with van der Waals surface area (Å²) >= 11 is 0. The van der Waals surface area contributed by atoms with Crippen LogP contribution < -0.4 is 0 Å². The third-order valence-electron chi connectivity index (χ3n) is 6.41. The number of hydrogen-bond donors (Lipinski definition) is 1. The molecule has 7 atom stereocenters. The first-order chi connectivity index (χ1) is 9.22. The van der Waals surface area contributed by atoms with Crippen molar-refractivity contribution in [2.75, 3.05) is 0 Å². The van der Waals surface area contributed by atoms with Crippen molar-refractivity contribution in [2.45, 2.75) is 63.9 Å². The van der Waals surface area contributed by atoms with E-state index in [0.717, 1.165) is 42.4 Å². The minimum Gasteiger partial charge on any atom is -0.393 e. The van der Waals surface area contributed by atoms with Gasteiger partial charge in [0.25, 0.3) is 0 Å². The zero-order chi connectivity index (χ0) is 13.0. The maximum absolute atomic E-state index is 9.86. The van der Waals surface area contributed by atoms with Crippen LogP contribution in [0.15, 0.2) is 11.6 Å². The Morgan fingerprint density at radius 1 is 1.00 bits per heavy atom. The first-order valence-corrected chi connectivity index (χ1v) is 8.01. The van der Waals surface area contributed by atoms with Crippen LogP contribution in [0.25, 0.3) is 0 Å². The van der Waals surface area contributed by atoms with Crippen molar-refractivity contribution in [3.63, 3.8) is 0 Å². The lowest BCUT2D eigenvalue weighted by atomic mass is 9.57. The molecule has 0 amide bonds. The van der Waals surface area contributed by atoms with Gasteiger partial charge in [-0.25, -0.2) is 0 Å². The molecule has 3 saturated carbocycles. The molecule has 0 aromatic heterocycles. The monoisotopic (exact) mass is 247 g/mol. The molecule has 7 unspecified atom stereocenters. The molecule has 0 aromatic rings. The van der Waals surface area contributed by atoms with E-state index in [1.807, 2.05) is 0 Å². The third-order valence-corrected chi connectivity index (χ3v) is 6.41. The van der Waals surface area contributed by atoms with E-state index in [4.69, 9.17) is 1.37 Å². The topological polar surface area (TPSA) is 20.2 Å². The normalized spacial score (nSPS) is 55.9. The van der Waals surface area contributed by atoms with Crippen LogP contribution in [0.3, 0.4) is 0 Å². The Labute approximate surface area is 112 Å². The Balaban J connectivity index is 1.58. The summed E-state index contributed by atoms with van der Waals surface area (Å²) < 4.78 is 8.09. The molecule has 0 aliphatic heterocycles. The van der Waals surface area contributed by atoms with Crippen LogP contribution in [0, 0.1) is 29.6 Å². The summed E-state index contributed by atoms with van der Waals surface area (Å²) in [7, 11) is 0. The molecule has 1 nitrogen and oxygen atoms in total. The summed E-state index contributed by atoms with van der Waals surface area (Å²) in [6.45, 7) is 0. The predicted molar refractivity (Wildman–Crippen MR) is 73.1 cm³/mol. The largest absolute Gasteiger partial charge is 0.393 e. The fourth-order valence-corrected chi connectivity index (χ4v) is 5.61. The van der Waals surface area contributed by atoms with Gasteiger partial charge in [0, 0.05) is 1.37 Å². The Hall–Kier alpha value is -0.300. The maximum atomic E-state index is 9.86. The van der Waals surface area contributed by atoms with Crippen molar-refractivity contribution in [2.24, 2.45) is 29.6 Å². The molecular formula is C17H26O. The minimum absolute atomic E-state index is 0.0699. The van der Waals surface area contributed by atoms with E-state index in [0.29, 0.717) is 0 Å². The number of fused-ring (bicyclic) bond motifs is 5. The number of aliphatic hydroxyl groups excluding tert-OH is 1. The van der Waals surface area contributed by atoms with Crippen molar-refractivity contribution in [1.29, 1.82) is 0 Å². The summed E-state index contributed by atoms with van der Waals surface area (Å²) in [5.41, 5.74) is 1.58. The van der Waals surface area contributed by atoms with Gasteiger partial charge in [0.1, 0.15) is 0 Å². The molecule has 4 rings (SSSR count). The van der Waals surface area contributed by atoms with Gasteiger partial charge in [0.05, 0.1) is 6.10 Å². The number of rotatable bonds is 0. The van der Waals surface area contributed by atoms with Crippen molar-refractivity contribution < 1.29 is 6.48 Å². The van der Waals surface area contributed by atoms with Gasteiger partial charge in [0.2, 0.25) is 0 Å². The van der Waals surface area contributed by atoms with Crippen LogP contribution in [0.2, 0.25) is 0 Å². The Kier molecular flexibility index (Phi) is 2.54. The molecule has 4 aliphatic rings. The molecule has 0 radical (unpaired) electrons. The molecule has 0 aromatic carbocycles. The van der Waals surface area contributed by atoms with Crippen molar-refractivity contribution in [3.8, 4) is 0 Å². The third kappa shape index (κ3) is 1.70. The lowest BCUT2D eigenvalue weighted by molar-refractivity contribution is 0.0436. The maximum Gasteiger partial charge on any atom is 0.0577 e. The van der Waals surface area contributed by atoms with Crippen LogP contribution in [0.1, 0.15) is 59.1 Å². The first kappa shape index (κ1) is 10.5. The Bertz CT molecular complexity index is 391. The first-order valence-electron chi connectivity index (χ1n) is 8.59. The SMILES string of the molecule is [2H]C1CC2CCC3C4CCC(O)CC4=CCC3C2C1. The van der Waals surface area contributed by atoms with Crippen LogP contribution in [0.4, 0.5) is 0 Å². The molecule has 18 heavy (non-hydrogen) atoms. The molecule has 3 fully saturated rings. The molecule has 0 saturated heterocycles. The smallest absolute Gasteiger partial charge is 0.0577 e. The highest BCUT2D eigenvalue weighted by atomic mass is 16.3. The molecule has 1 N–H and O–H groups in total. The van der Waals surface area contributed by atoms with E-state index in [-0.39, 0.29) is 12.5 Å². The molecule has 0 heterocycles. The van der Waals surface area contributed by atoms with Gasteiger partial charge in [-0.15, -0.1) is 0 Å². The van der Waals surface area contributed by atoms with Crippen LogP contribution in [-0.4, -0.2) is 11.2 Å². The number of hydrogen-bond acceptors (Lipinski definition) is 1. The summed E-state index contributed by atoms with van der Waals surface area (Å²) in [4.78, 5) is 0. The van der Waals surface area contributed by atoms with E-state index in [1.54, 1.807) is 5.57 Å². The standard InChI is InChI=1S/C17H26O/c18-13-6-9-15-12(10-13)5-8-16-14-3-1-2-11(14)4-7-17(15)16/h5,11,13-18H,1-4,6-10H2/i1D. The molecule has 1 heteroatoms. The summed E-state index contributed by atoms with van der Waals surface area (Å²) in [6, 6.07) is 0. The van der Waals surface area contributed by atoms with E-state index >= 15 is 0 Å². The molecule has 0 spiro atoms.